The molecule has 0 N–H and O–H groups in total. The molecule has 0 aromatic carbocycles. The Labute approximate surface area is 137 Å². The van der Waals surface area contributed by atoms with Crippen LogP contribution in [0.2, 0.25) is 0 Å². The molecule has 130 valence electrons. The van der Waals surface area contributed by atoms with Crippen LogP contribution in [0, 0.1) is 5.92 Å². The number of rotatable bonds is 3. The van der Waals surface area contributed by atoms with E-state index in [1.165, 1.54) is 0 Å². The zero-order chi connectivity index (χ0) is 16.8. The predicted octanol–water partition coefficient (Wildman–Crippen LogP) is 0.936. The van der Waals surface area contributed by atoms with Gasteiger partial charge in [0.05, 0.1) is 6.61 Å². The zero-order valence-electron chi connectivity index (χ0n) is 14.1. The van der Waals surface area contributed by atoms with E-state index in [1.807, 2.05) is 16.7 Å². The minimum absolute atomic E-state index is 0.00468. The molecule has 0 unspecified atom stereocenters. The van der Waals surface area contributed by atoms with Crippen molar-refractivity contribution in [3.05, 3.63) is 0 Å². The first-order valence-electron chi connectivity index (χ1n) is 8.55. The van der Waals surface area contributed by atoms with Crippen LogP contribution in [-0.2, 0) is 14.3 Å². The summed E-state index contributed by atoms with van der Waals surface area (Å²) in [6, 6.07) is 0. The molecule has 0 spiro atoms. The number of piperazine rings is 1. The standard InChI is InChI=1S/C16H27N3O4/c1-3-14(20)17-7-5-13(6-8-17)15(21)18-9-11-19(12-10-18)16(22)23-4-2/h13H,3-12H2,1-2H3. The summed E-state index contributed by atoms with van der Waals surface area (Å²) in [7, 11) is 0. The molecule has 0 saturated carbocycles. The van der Waals surface area contributed by atoms with E-state index in [9.17, 15) is 14.4 Å². The molecule has 0 radical (unpaired) electrons. The van der Waals surface area contributed by atoms with Crippen molar-refractivity contribution in [1.82, 2.24) is 14.7 Å². The Hall–Kier alpha value is -1.79. The Morgan fingerprint density at radius 3 is 1.96 bits per heavy atom. The monoisotopic (exact) mass is 325 g/mol. The molecule has 0 bridgehead atoms. The molecule has 0 aromatic rings. The summed E-state index contributed by atoms with van der Waals surface area (Å²) in [4.78, 5) is 41.3. The summed E-state index contributed by atoms with van der Waals surface area (Å²) in [6.07, 6.45) is 1.70. The first kappa shape index (κ1) is 17.6. The first-order chi connectivity index (χ1) is 11.1. The second-order valence-corrected chi connectivity index (χ2v) is 6.02. The Bertz CT molecular complexity index is 439. The van der Waals surface area contributed by atoms with Crippen LogP contribution in [-0.4, -0.2) is 78.5 Å². The first-order valence-corrected chi connectivity index (χ1v) is 8.55. The molecule has 2 aliphatic heterocycles. The van der Waals surface area contributed by atoms with Gasteiger partial charge in [-0.05, 0) is 19.8 Å². The number of hydrogen-bond donors (Lipinski definition) is 0. The van der Waals surface area contributed by atoms with Gasteiger partial charge >= 0.3 is 6.09 Å². The van der Waals surface area contributed by atoms with Gasteiger partial charge in [-0.25, -0.2) is 4.79 Å². The van der Waals surface area contributed by atoms with Crippen molar-refractivity contribution in [1.29, 1.82) is 0 Å². The van der Waals surface area contributed by atoms with Crippen LogP contribution < -0.4 is 0 Å². The summed E-state index contributed by atoms with van der Waals surface area (Å²) < 4.78 is 4.98. The van der Waals surface area contributed by atoms with Crippen LogP contribution in [0.1, 0.15) is 33.1 Å². The van der Waals surface area contributed by atoms with Crippen molar-refractivity contribution in [2.45, 2.75) is 33.1 Å². The second kappa shape index (κ2) is 8.17. The second-order valence-electron chi connectivity index (χ2n) is 6.02. The maximum absolute atomic E-state index is 12.6. The highest BCUT2D eigenvalue weighted by atomic mass is 16.6. The van der Waals surface area contributed by atoms with E-state index in [-0.39, 0.29) is 23.8 Å². The fourth-order valence-electron chi connectivity index (χ4n) is 3.18. The third-order valence-corrected chi connectivity index (χ3v) is 4.62. The normalized spacial score (nSPS) is 19.7. The molecule has 2 heterocycles. The van der Waals surface area contributed by atoms with E-state index < -0.39 is 0 Å². The number of carbonyl (C=O) groups excluding carboxylic acids is 3. The average Bonchev–Trinajstić information content (AvgIpc) is 2.61. The van der Waals surface area contributed by atoms with Crippen molar-refractivity contribution < 1.29 is 19.1 Å². The summed E-state index contributed by atoms with van der Waals surface area (Å²) in [6.45, 7) is 7.54. The minimum Gasteiger partial charge on any atom is -0.450 e. The number of likely N-dealkylation sites (tertiary alicyclic amines) is 1. The number of hydrogen-bond acceptors (Lipinski definition) is 4. The lowest BCUT2D eigenvalue weighted by atomic mass is 9.94. The Morgan fingerprint density at radius 2 is 1.43 bits per heavy atom. The molecular formula is C16H27N3O4. The predicted molar refractivity (Wildman–Crippen MR) is 84.8 cm³/mol. The van der Waals surface area contributed by atoms with Crippen LogP contribution in [0.15, 0.2) is 0 Å². The number of piperidine rings is 1. The van der Waals surface area contributed by atoms with Gasteiger partial charge in [0.1, 0.15) is 0 Å². The summed E-state index contributed by atoms with van der Waals surface area (Å²) in [5, 5.41) is 0. The van der Waals surface area contributed by atoms with E-state index in [1.54, 1.807) is 11.8 Å². The van der Waals surface area contributed by atoms with Gasteiger partial charge in [-0.1, -0.05) is 6.92 Å². The number of ether oxygens (including phenoxy) is 1. The van der Waals surface area contributed by atoms with Crippen LogP contribution in [0.25, 0.3) is 0 Å². The van der Waals surface area contributed by atoms with E-state index in [4.69, 9.17) is 4.74 Å². The van der Waals surface area contributed by atoms with Gasteiger partial charge in [0.2, 0.25) is 11.8 Å². The summed E-state index contributed by atoms with van der Waals surface area (Å²) >= 11 is 0. The van der Waals surface area contributed by atoms with Crippen LogP contribution in [0.5, 0.6) is 0 Å². The van der Waals surface area contributed by atoms with Gasteiger partial charge in [-0.3, -0.25) is 9.59 Å². The Morgan fingerprint density at radius 1 is 0.870 bits per heavy atom. The highest BCUT2D eigenvalue weighted by Crippen LogP contribution is 2.21. The maximum atomic E-state index is 12.6. The SMILES string of the molecule is CCOC(=O)N1CCN(C(=O)C2CCN(C(=O)CC)CC2)CC1. The Balaban J connectivity index is 1.77. The van der Waals surface area contributed by atoms with Crippen molar-refractivity contribution >= 4 is 17.9 Å². The average molecular weight is 325 g/mol. The quantitative estimate of drug-likeness (QED) is 0.774. The van der Waals surface area contributed by atoms with E-state index in [2.05, 4.69) is 0 Å². The fraction of sp³-hybridized carbons (Fsp3) is 0.812. The fourth-order valence-corrected chi connectivity index (χ4v) is 3.18. The molecule has 2 saturated heterocycles. The highest BCUT2D eigenvalue weighted by Gasteiger charge is 2.32. The van der Waals surface area contributed by atoms with Crippen molar-refractivity contribution in [3.63, 3.8) is 0 Å². The summed E-state index contributed by atoms with van der Waals surface area (Å²) in [5.74, 6) is 0.334. The lowest BCUT2D eigenvalue weighted by molar-refractivity contribution is -0.141. The molecule has 0 aliphatic carbocycles. The molecule has 7 nitrogen and oxygen atoms in total. The molecule has 0 aromatic heterocycles. The third-order valence-electron chi connectivity index (χ3n) is 4.62. The van der Waals surface area contributed by atoms with Gasteiger partial charge in [0.25, 0.3) is 0 Å². The zero-order valence-corrected chi connectivity index (χ0v) is 14.1. The highest BCUT2D eigenvalue weighted by molar-refractivity contribution is 5.80. The third kappa shape index (κ3) is 4.36. The van der Waals surface area contributed by atoms with E-state index >= 15 is 0 Å². The molecule has 0 atom stereocenters. The number of carbonyl (C=O) groups is 3. The smallest absolute Gasteiger partial charge is 0.409 e. The van der Waals surface area contributed by atoms with Crippen LogP contribution in [0.3, 0.4) is 0 Å². The lowest BCUT2D eigenvalue weighted by Gasteiger charge is -2.38. The minimum atomic E-state index is -0.300. The van der Waals surface area contributed by atoms with Crippen LogP contribution >= 0.6 is 0 Å². The van der Waals surface area contributed by atoms with Crippen molar-refractivity contribution in [2.75, 3.05) is 45.9 Å². The molecule has 23 heavy (non-hydrogen) atoms. The Kier molecular flexibility index (Phi) is 6.24. The van der Waals surface area contributed by atoms with Crippen molar-refractivity contribution in [2.24, 2.45) is 5.92 Å². The van der Waals surface area contributed by atoms with Gasteiger partial charge < -0.3 is 19.4 Å². The summed E-state index contributed by atoms with van der Waals surface area (Å²) in [5.41, 5.74) is 0. The molecule has 2 aliphatic rings. The molecule has 7 heteroatoms. The van der Waals surface area contributed by atoms with E-state index in [0.717, 1.165) is 12.8 Å². The van der Waals surface area contributed by atoms with Gasteiger partial charge in [0.15, 0.2) is 0 Å². The largest absolute Gasteiger partial charge is 0.450 e. The maximum Gasteiger partial charge on any atom is 0.409 e. The lowest BCUT2D eigenvalue weighted by Crippen LogP contribution is -2.53. The van der Waals surface area contributed by atoms with Gasteiger partial charge in [-0.15, -0.1) is 0 Å². The molecule has 2 fully saturated rings. The molecule has 2 rings (SSSR count). The number of amides is 3. The van der Waals surface area contributed by atoms with Gasteiger partial charge in [0, 0.05) is 51.6 Å². The number of nitrogens with zero attached hydrogens (tertiary/aromatic N) is 3. The van der Waals surface area contributed by atoms with Crippen molar-refractivity contribution in [3.8, 4) is 0 Å². The van der Waals surface area contributed by atoms with Crippen LogP contribution in [0.4, 0.5) is 4.79 Å². The van der Waals surface area contributed by atoms with Gasteiger partial charge in [-0.2, -0.15) is 0 Å². The topological polar surface area (TPSA) is 70.2 Å². The molecular weight excluding hydrogens is 298 g/mol. The molecule has 3 amide bonds. The van der Waals surface area contributed by atoms with E-state index in [0.29, 0.717) is 52.3 Å².